The molecule has 92 valence electrons. The Morgan fingerprint density at radius 2 is 2.24 bits per heavy atom. The number of benzene rings is 1. The highest BCUT2D eigenvalue weighted by molar-refractivity contribution is 6.33. The molecule has 3 nitrogen and oxygen atoms in total. The molecule has 1 aliphatic rings. The number of anilines is 1. The van der Waals surface area contributed by atoms with E-state index in [9.17, 15) is 9.18 Å². The second-order valence-corrected chi connectivity index (χ2v) is 4.76. The zero-order valence-corrected chi connectivity index (χ0v) is 10.2. The first-order chi connectivity index (χ1) is 8.06. The van der Waals surface area contributed by atoms with Gasteiger partial charge in [-0.05, 0) is 43.9 Å². The molecule has 1 aromatic rings. The van der Waals surface area contributed by atoms with Crippen LogP contribution in [0.3, 0.4) is 0 Å². The average molecular weight is 257 g/mol. The number of amides is 2. The molecule has 2 rings (SSSR count). The van der Waals surface area contributed by atoms with Crippen LogP contribution in [-0.4, -0.2) is 12.1 Å². The van der Waals surface area contributed by atoms with Gasteiger partial charge < -0.3 is 10.6 Å². The fourth-order valence-electron chi connectivity index (χ4n) is 1.67. The Morgan fingerprint density at radius 3 is 2.82 bits per heavy atom. The summed E-state index contributed by atoms with van der Waals surface area (Å²) in [6.45, 7) is 1.98. The number of carbonyl (C=O) groups excluding carboxylic acids is 1. The van der Waals surface area contributed by atoms with Crippen LogP contribution in [0.25, 0.3) is 0 Å². The van der Waals surface area contributed by atoms with Crippen molar-refractivity contribution in [2.75, 3.05) is 5.32 Å². The van der Waals surface area contributed by atoms with Gasteiger partial charge in [0.25, 0.3) is 0 Å². The normalized spacial score (nSPS) is 16.4. The summed E-state index contributed by atoms with van der Waals surface area (Å²) in [5.41, 5.74) is 0.411. The molecule has 2 amide bonds. The van der Waals surface area contributed by atoms with Crippen molar-refractivity contribution < 1.29 is 9.18 Å². The summed E-state index contributed by atoms with van der Waals surface area (Å²) in [4.78, 5) is 11.6. The summed E-state index contributed by atoms with van der Waals surface area (Å²) in [5.74, 6) is 0.164. The number of halogens is 2. The molecule has 1 unspecified atom stereocenters. The lowest BCUT2D eigenvalue weighted by Gasteiger charge is -2.14. The van der Waals surface area contributed by atoms with Gasteiger partial charge in [-0.3, -0.25) is 0 Å². The molecule has 1 atom stereocenters. The van der Waals surface area contributed by atoms with Crippen LogP contribution >= 0.6 is 11.6 Å². The molecule has 1 fully saturated rings. The molecule has 1 saturated carbocycles. The van der Waals surface area contributed by atoms with E-state index in [-0.39, 0.29) is 17.1 Å². The van der Waals surface area contributed by atoms with E-state index in [0.717, 1.165) is 0 Å². The van der Waals surface area contributed by atoms with Crippen LogP contribution in [0.5, 0.6) is 0 Å². The molecule has 0 spiro atoms. The smallest absolute Gasteiger partial charge is 0.319 e. The topological polar surface area (TPSA) is 41.1 Å². The van der Waals surface area contributed by atoms with Crippen molar-refractivity contribution in [3.05, 3.63) is 29.0 Å². The molecule has 2 N–H and O–H groups in total. The summed E-state index contributed by atoms with van der Waals surface area (Å²) in [6, 6.07) is 3.72. The van der Waals surface area contributed by atoms with Gasteiger partial charge in [0, 0.05) is 6.04 Å². The number of urea groups is 1. The second-order valence-electron chi connectivity index (χ2n) is 4.35. The summed E-state index contributed by atoms with van der Waals surface area (Å²) >= 11 is 5.80. The molecule has 17 heavy (non-hydrogen) atoms. The van der Waals surface area contributed by atoms with Gasteiger partial charge in [-0.25, -0.2) is 9.18 Å². The third-order valence-electron chi connectivity index (χ3n) is 2.87. The van der Waals surface area contributed by atoms with Gasteiger partial charge in [0.15, 0.2) is 0 Å². The minimum absolute atomic E-state index is 0.161. The fourth-order valence-corrected chi connectivity index (χ4v) is 1.88. The van der Waals surface area contributed by atoms with Crippen molar-refractivity contribution in [3.8, 4) is 0 Å². The van der Waals surface area contributed by atoms with Crippen molar-refractivity contribution in [1.29, 1.82) is 0 Å². The average Bonchev–Trinajstić information content (AvgIpc) is 3.05. The van der Waals surface area contributed by atoms with Crippen LogP contribution in [0.15, 0.2) is 18.2 Å². The molecule has 0 bridgehead atoms. The van der Waals surface area contributed by atoms with E-state index in [1.807, 2.05) is 6.92 Å². The lowest BCUT2D eigenvalue weighted by atomic mass is 10.2. The van der Waals surface area contributed by atoms with Gasteiger partial charge >= 0.3 is 6.03 Å². The fraction of sp³-hybridized carbons (Fsp3) is 0.417. The van der Waals surface area contributed by atoms with Crippen molar-refractivity contribution >= 4 is 23.3 Å². The SMILES string of the molecule is CC(NC(=O)Nc1ccc(F)cc1Cl)C1CC1. The van der Waals surface area contributed by atoms with E-state index in [1.54, 1.807) is 0 Å². The molecule has 5 heteroatoms. The monoisotopic (exact) mass is 256 g/mol. The first-order valence-corrected chi connectivity index (χ1v) is 5.96. The Hall–Kier alpha value is -1.29. The molecule has 0 aliphatic heterocycles. The number of hydrogen-bond acceptors (Lipinski definition) is 1. The standard InChI is InChI=1S/C12H14ClFN2O/c1-7(8-2-3-8)15-12(17)16-11-5-4-9(14)6-10(11)13/h4-8H,2-3H2,1H3,(H2,15,16,17). The minimum atomic E-state index is -0.424. The zero-order valence-electron chi connectivity index (χ0n) is 9.47. The van der Waals surface area contributed by atoms with Crippen molar-refractivity contribution in [2.24, 2.45) is 5.92 Å². The lowest BCUT2D eigenvalue weighted by Crippen LogP contribution is -2.37. The Labute approximate surface area is 104 Å². The van der Waals surface area contributed by atoms with Crippen LogP contribution in [-0.2, 0) is 0 Å². The summed E-state index contributed by atoms with van der Waals surface area (Å²) in [7, 11) is 0. The number of nitrogens with one attached hydrogen (secondary N) is 2. The Bertz CT molecular complexity index is 435. The molecule has 0 heterocycles. The maximum Gasteiger partial charge on any atom is 0.319 e. The van der Waals surface area contributed by atoms with Gasteiger partial charge in [-0.2, -0.15) is 0 Å². The van der Waals surface area contributed by atoms with E-state index >= 15 is 0 Å². The number of rotatable bonds is 3. The van der Waals surface area contributed by atoms with Gasteiger partial charge in [0.05, 0.1) is 10.7 Å². The number of carbonyl (C=O) groups is 1. The van der Waals surface area contributed by atoms with Gasteiger partial charge in [-0.15, -0.1) is 0 Å². The Kier molecular flexibility index (Phi) is 3.52. The molecule has 0 saturated heterocycles. The first-order valence-electron chi connectivity index (χ1n) is 5.59. The molecular weight excluding hydrogens is 243 g/mol. The van der Waals surface area contributed by atoms with Gasteiger partial charge in [0.2, 0.25) is 0 Å². The third kappa shape index (κ3) is 3.33. The van der Waals surface area contributed by atoms with Gasteiger partial charge in [0.1, 0.15) is 5.82 Å². The van der Waals surface area contributed by atoms with Crippen LogP contribution in [0, 0.1) is 11.7 Å². The Balaban J connectivity index is 1.92. The minimum Gasteiger partial charge on any atom is -0.335 e. The highest BCUT2D eigenvalue weighted by Crippen LogP contribution is 2.32. The maximum atomic E-state index is 12.8. The van der Waals surface area contributed by atoms with Crippen LogP contribution < -0.4 is 10.6 Å². The van der Waals surface area contributed by atoms with E-state index in [2.05, 4.69) is 10.6 Å². The van der Waals surface area contributed by atoms with E-state index in [1.165, 1.54) is 31.0 Å². The largest absolute Gasteiger partial charge is 0.335 e. The highest BCUT2D eigenvalue weighted by Gasteiger charge is 2.28. The van der Waals surface area contributed by atoms with E-state index in [4.69, 9.17) is 11.6 Å². The van der Waals surface area contributed by atoms with E-state index < -0.39 is 5.82 Å². The molecular formula is C12H14ClFN2O. The zero-order chi connectivity index (χ0) is 12.4. The molecule has 1 aromatic carbocycles. The van der Waals surface area contributed by atoms with Crippen molar-refractivity contribution in [1.82, 2.24) is 5.32 Å². The van der Waals surface area contributed by atoms with Crippen LogP contribution in [0.4, 0.5) is 14.9 Å². The predicted octanol–water partition coefficient (Wildman–Crippen LogP) is 3.40. The van der Waals surface area contributed by atoms with Gasteiger partial charge in [-0.1, -0.05) is 11.6 Å². The maximum absolute atomic E-state index is 12.8. The van der Waals surface area contributed by atoms with Crippen molar-refractivity contribution in [3.63, 3.8) is 0 Å². The Morgan fingerprint density at radius 1 is 1.53 bits per heavy atom. The number of hydrogen-bond donors (Lipinski definition) is 2. The highest BCUT2D eigenvalue weighted by atomic mass is 35.5. The molecule has 0 radical (unpaired) electrons. The van der Waals surface area contributed by atoms with Crippen LogP contribution in [0.1, 0.15) is 19.8 Å². The first kappa shape index (κ1) is 12.2. The molecule has 1 aliphatic carbocycles. The second kappa shape index (κ2) is 4.92. The van der Waals surface area contributed by atoms with E-state index in [0.29, 0.717) is 11.6 Å². The third-order valence-corrected chi connectivity index (χ3v) is 3.18. The summed E-state index contributed by atoms with van der Waals surface area (Å²) in [5, 5.41) is 5.63. The predicted molar refractivity (Wildman–Crippen MR) is 65.8 cm³/mol. The molecule has 0 aromatic heterocycles. The quantitative estimate of drug-likeness (QED) is 0.855. The lowest BCUT2D eigenvalue weighted by molar-refractivity contribution is 0.248. The summed E-state index contributed by atoms with van der Waals surface area (Å²) in [6.07, 6.45) is 2.33. The van der Waals surface area contributed by atoms with Crippen LogP contribution in [0.2, 0.25) is 5.02 Å². The van der Waals surface area contributed by atoms with Crippen molar-refractivity contribution in [2.45, 2.75) is 25.8 Å². The summed E-state index contributed by atoms with van der Waals surface area (Å²) < 4.78 is 12.8.